The Balaban J connectivity index is 2.24. The van der Waals surface area contributed by atoms with Crippen LogP contribution in [0, 0.1) is 0 Å². The summed E-state index contributed by atoms with van der Waals surface area (Å²) in [4.78, 5) is 18.1. The van der Waals surface area contributed by atoms with E-state index in [1.807, 2.05) is 6.92 Å². The highest BCUT2D eigenvalue weighted by molar-refractivity contribution is 5.66. The molecule has 0 radical (unpaired) electrons. The van der Waals surface area contributed by atoms with Crippen molar-refractivity contribution in [1.29, 1.82) is 0 Å². The van der Waals surface area contributed by atoms with Crippen LogP contribution in [0.2, 0.25) is 0 Å². The maximum Gasteiger partial charge on any atom is 0.303 e. The van der Waals surface area contributed by atoms with Gasteiger partial charge in [0.05, 0.1) is 0 Å². The highest BCUT2D eigenvalue weighted by Crippen LogP contribution is 2.07. The van der Waals surface area contributed by atoms with E-state index in [0.717, 1.165) is 12.2 Å². The highest BCUT2D eigenvalue weighted by atomic mass is 16.4. The number of carbonyl (C=O) groups is 1. The van der Waals surface area contributed by atoms with Gasteiger partial charge in [-0.2, -0.15) is 0 Å². The molecule has 0 spiro atoms. The molecule has 1 aromatic heterocycles. The van der Waals surface area contributed by atoms with Crippen LogP contribution >= 0.6 is 0 Å². The second kappa shape index (κ2) is 5.95. The average molecular weight is 209 g/mol. The van der Waals surface area contributed by atoms with Crippen molar-refractivity contribution in [2.75, 3.05) is 5.32 Å². The maximum absolute atomic E-state index is 10.3. The Morgan fingerprint density at radius 2 is 2.47 bits per heavy atom. The quantitative estimate of drug-likeness (QED) is 0.743. The van der Waals surface area contributed by atoms with E-state index in [9.17, 15) is 4.79 Å². The second-order valence-corrected chi connectivity index (χ2v) is 3.43. The normalized spacial score (nSPS) is 12.1. The molecule has 0 aromatic carbocycles. The number of aromatic nitrogens is 2. The van der Waals surface area contributed by atoms with Crippen molar-refractivity contribution in [3.8, 4) is 0 Å². The first-order valence-electron chi connectivity index (χ1n) is 4.93. The molecular formula is C10H15N3O2. The second-order valence-electron chi connectivity index (χ2n) is 3.43. The van der Waals surface area contributed by atoms with Crippen molar-refractivity contribution in [1.82, 2.24) is 9.97 Å². The number of anilines is 1. The molecule has 2 N–H and O–H groups in total. The zero-order valence-corrected chi connectivity index (χ0v) is 8.68. The van der Waals surface area contributed by atoms with Crippen molar-refractivity contribution in [3.05, 3.63) is 18.6 Å². The number of nitrogens with one attached hydrogen (secondary N) is 1. The van der Waals surface area contributed by atoms with Crippen LogP contribution in [0.5, 0.6) is 0 Å². The molecule has 0 amide bonds. The number of hydrogen-bond acceptors (Lipinski definition) is 4. The van der Waals surface area contributed by atoms with E-state index in [2.05, 4.69) is 15.3 Å². The van der Waals surface area contributed by atoms with Crippen LogP contribution < -0.4 is 5.32 Å². The Hall–Kier alpha value is -1.65. The van der Waals surface area contributed by atoms with Gasteiger partial charge in [-0.15, -0.1) is 0 Å². The summed E-state index contributed by atoms with van der Waals surface area (Å²) in [6, 6.07) is 2.01. The van der Waals surface area contributed by atoms with Crippen molar-refractivity contribution in [3.63, 3.8) is 0 Å². The van der Waals surface area contributed by atoms with Crippen molar-refractivity contribution < 1.29 is 9.90 Å². The number of rotatable bonds is 6. The lowest BCUT2D eigenvalue weighted by Crippen LogP contribution is -2.16. The van der Waals surface area contributed by atoms with Gasteiger partial charge in [0.1, 0.15) is 12.1 Å². The lowest BCUT2D eigenvalue weighted by atomic mass is 10.1. The number of hydrogen-bond donors (Lipinski definition) is 2. The summed E-state index contributed by atoms with van der Waals surface area (Å²) in [5.41, 5.74) is 0. The van der Waals surface area contributed by atoms with E-state index in [0.29, 0.717) is 6.42 Å². The molecule has 1 heterocycles. The van der Waals surface area contributed by atoms with Gasteiger partial charge < -0.3 is 10.4 Å². The van der Waals surface area contributed by atoms with Crippen LogP contribution in [-0.4, -0.2) is 27.1 Å². The fourth-order valence-electron chi connectivity index (χ4n) is 1.26. The van der Waals surface area contributed by atoms with Crippen LogP contribution in [0.4, 0.5) is 5.82 Å². The molecule has 0 saturated heterocycles. The zero-order valence-electron chi connectivity index (χ0n) is 8.68. The lowest BCUT2D eigenvalue weighted by Gasteiger charge is -2.13. The van der Waals surface area contributed by atoms with Gasteiger partial charge in [-0.3, -0.25) is 4.79 Å². The Kier molecular flexibility index (Phi) is 4.53. The summed E-state index contributed by atoms with van der Waals surface area (Å²) >= 11 is 0. The van der Waals surface area contributed by atoms with Crippen LogP contribution in [0.15, 0.2) is 18.6 Å². The summed E-state index contributed by atoms with van der Waals surface area (Å²) in [5.74, 6) is 0.0251. The first-order chi connectivity index (χ1) is 7.18. The van der Waals surface area contributed by atoms with Gasteiger partial charge in [0.2, 0.25) is 0 Å². The lowest BCUT2D eigenvalue weighted by molar-refractivity contribution is -0.137. The van der Waals surface area contributed by atoms with Gasteiger partial charge in [0, 0.05) is 18.7 Å². The molecule has 0 aliphatic rings. The summed E-state index contributed by atoms with van der Waals surface area (Å²) in [7, 11) is 0. The summed E-state index contributed by atoms with van der Waals surface area (Å²) in [5, 5.41) is 11.6. The van der Waals surface area contributed by atoms with E-state index in [4.69, 9.17) is 5.11 Å². The van der Waals surface area contributed by atoms with E-state index < -0.39 is 5.97 Å². The van der Waals surface area contributed by atoms with Crippen molar-refractivity contribution in [2.24, 2.45) is 0 Å². The van der Waals surface area contributed by atoms with Gasteiger partial charge in [-0.25, -0.2) is 9.97 Å². The SMILES string of the molecule is CC(CCCC(=O)O)Nc1ccncn1. The fourth-order valence-corrected chi connectivity index (χ4v) is 1.26. The largest absolute Gasteiger partial charge is 0.481 e. The smallest absolute Gasteiger partial charge is 0.303 e. The van der Waals surface area contributed by atoms with Crippen LogP contribution in [-0.2, 0) is 4.79 Å². The number of carboxylic acid groups (broad SMARTS) is 1. The van der Waals surface area contributed by atoms with Gasteiger partial charge >= 0.3 is 5.97 Å². The molecule has 82 valence electrons. The van der Waals surface area contributed by atoms with Crippen molar-refractivity contribution in [2.45, 2.75) is 32.2 Å². The van der Waals surface area contributed by atoms with Crippen LogP contribution in [0.25, 0.3) is 0 Å². The van der Waals surface area contributed by atoms with Crippen LogP contribution in [0.1, 0.15) is 26.2 Å². The summed E-state index contributed by atoms with van der Waals surface area (Å²) < 4.78 is 0. The minimum Gasteiger partial charge on any atom is -0.481 e. The average Bonchev–Trinajstić information content (AvgIpc) is 2.18. The predicted octanol–water partition coefficient (Wildman–Crippen LogP) is 1.53. The van der Waals surface area contributed by atoms with Gasteiger partial charge in [-0.05, 0) is 25.8 Å². The van der Waals surface area contributed by atoms with Gasteiger partial charge in [-0.1, -0.05) is 0 Å². The minimum atomic E-state index is -0.746. The third kappa shape index (κ3) is 4.95. The fraction of sp³-hybridized carbons (Fsp3) is 0.500. The van der Waals surface area contributed by atoms with E-state index in [-0.39, 0.29) is 12.5 Å². The number of nitrogens with zero attached hydrogens (tertiary/aromatic N) is 2. The predicted molar refractivity (Wildman–Crippen MR) is 56.6 cm³/mol. The molecular weight excluding hydrogens is 194 g/mol. The van der Waals surface area contributed by atoms with Crippen molar-refractivity contribution >= 4 is 11.8 Å². The van der Waals surface area contributed by atoms with E-state index >= 15 is 0 Å². The molecule has 1 atom stereocenters. The molecule has 0 saturated carbocycles. The van der Waals surface area contributed by atoms with Crippen LogP contribution in [0.3, 0.4) is 0 Å². The molecule has 1 aromatic rings. The monoisotopic (exact) mass is 209 g/mol. The zero-order chi connectivity index (χ0) is 11.1. The molecule has 0 bridgehead atoms. The third-order valence-corrected chi connectivity index (χ3v) is 2.00. The Morgan fingerprint density at radius 3 is 3.07 bits per heavy atom. The Morgan fingerprint density at radius 1 is 1.67 bits per heavy atom. The Labute approximate surface area is 88.6 Å². The number of aliphatic carboxylic acids is 1. The van der Waals surface area contributed by atoms with E-state index in [1.165, 1.54) is 6.33 Å². The van der Waals surface area contributed by atoms with E-state index in [1.54, 1.807) is 12.3 Å². The molecule has 1 unspecified atom stereocenters. The summed E-state index contributed by atoms with van der Waals surface area (Å²) in [6.07, 6.45) is 4.85. The first-order valence-corrected chi connectivity index (χ1v) is 4.93. The van der Waals surface area contributed by atoms with Gasteiger partial charge in [0.15, 0.2) is 0 Å². The molecule has 0 aliphatic carbocycles. The molecule has 0 aliphatic heterocycles. The standard InChI is InChI=1S/C10H15N3O2/c1-8(3-2-4-10(14)15)13-9-5-6-11-7-12-9/h5-8H,2-4H2,1H3,(H,14,15)(H,11,12,13). The molecule has 5 nitrogen and oxygen atoms in total. The highest BCUT2D eigenvalue weighted by Gasteiger charge is 2.04. The molecule has 0 fully saturated rings. The number of carboxylic acids is 1. The molecule has 1 rings (SSSR count). The topological polar surface area (TPSA) is 75.1 Å². The first kappa shape index (κ1) is 11.4. The molecule has 15 heavy (non-hydrogen) atoms. The molecule has 5 heteroatoms. The third-order valence-electron chi connectivity index (χ3n) is 2.00. The van der Waals surface area contributed by atoms with Gasteiger partial charge in [0.25, 0.3) is 0 Å². The Bertz CT molecular complexity index is 303. The minimum absolute atomic E-state index is 0.218. The maximum atomic E-state index is 10.3. The summed E-state index contributed by atoms with van der Waals surface area (Å²) in [6.45, 7) is 2.00.